The van der Waals surface area contributed by atoms with E-state index in [1.165, 1.54) is 82.6 Å². The Morgan fingerprint density at radius 1 is 0.433 bits per heavy atom. The highest BCUT2D eigenvalue weighted by Crippen LogP contribution is 2.58. The molecule has 1 aromatic heterocycles. The Bertz CT molecular complexity index is 3200. The van der Waals surface area contributed by atoms with E-state index in [0.29, 0.717) is 0 Å². The van der Waals surface area contributed by atoms with E-state index >= 15 is 0 Å². The number of fused-ring (bicyclic) bond motifs is 7. The second kappa shape index (κ2) is 13.7. The fraction of sp³-hybridized carbons (Fsp3) is 0.103. The summed E-state index contributed by atoms with van der Waals surface area (Å²) in [6, 6.07) is 76.6. The molecule has 288 valence electrons. The number of aryl methyl sites for hydroxylation is 1. The van der Waals surface area contributed by atoms with Crippen molar-refractivity contribution in [3.05, 3.63) is 234 Å². The minimum Gasteiger partial charge on any atom is -0.335 e. The molecule has 0 aliphatic heterocycles. The Balaban J connectivity index is 1.20. The number of rotatable bonds is 6. The summed E-state index contributed by atoms with van der Waals surface area (Å²) in [4.78, 5) is 2.48. The van der Waals surface area contributed by atoms with Crippen molar-refractivity contribution in [2.75, 3.05) is 4.90 Å². The lowest BCUT2D eigenvalue weighted by Crippen LogP contribution is -2.28. The molecule has 0 atom stereocenters. The summed E-state index contributed by atoms with van der Waals surface area (Å²) in [7, 11) is 0. The van der Waals surface area contributed by atoms with Crippen molar-refractivity contribution in [3.63, 3.8) is 0 Å². The third-order valence-corrected chi connectivity index (χ3v) is 12.8. The number of benzene rings is 9. The van der Waals surface area contributed by atoms with Gasteiger partial charge in [-0.3, -0.25) is 0 Å². The highest BCUT2D eigenvalue weighted by Gasteiger charge is 2.46. The van der Waals surface area contributed by atoms with Crippen molar-refractivity contribution in [1.82, 2.24) is 4.57 Å². The van der Waals surface area contributed by atoms with Gasteiger partial charge in [-0.2, -0.15) is 0 Å². The molecule has 2 heteroatoms. The van der Waals surface area contributed by atoms with Crippen molar-refractivity contribution in [1.29, 1.82) is 0 Å². The number of anilines is 3. The topological polar surface area (TPSA) is 8.17 Å². The first-order chi connectivity index (χ1) is 29.3. The zero-order valence-electron chi connectivity index (χ0n) is 34.5. The lowest BCUT2D eigenvalue weighted by atomic mass is 9.67. The molecule has 0 N–H and O–H groups in total. The molecule has 0 radical (unpaired) electrons. The van der Waals surface area contributed by atoms with Crippen LogP contribution in [0.3, 0.4) is 0 Å². The van der Waals surface area contributed by atoms with Crippen LogP contribution < -0.4 is 4.90 Å². The van der Waals surface area contributed by atoms with Gasteiger partial charge in [0, 0.05) is 38.9 Å². The van der Waals surface area contributed by atoms with Crippen molar-refractivity contribution in [2.24, 2.45) is 0 Å². The molecule has 0 fully saturated rings. The molecule has 0 saturated carbocycles. The summed E-state index contributed by atoms with van der Waals surface area (Å²) in [5.41, 5.74) is 16.7. The third-order valence-electron chi connectivity index (χ3n) is 12.8. The van der Waals surface area contributed by atoms with E-state index in [9.17, 15) is 0 Å². The Labute approximate surface area is 352 Å². The number of nitrogens with zero attached hydrogens (tertiary/aromatic N) is 2. The fourth-order valence-electron chi connectivity index (χ4n) is 10.4. The van der Waals surface area contributed by atoms with Crippen molar-refractivity contribution in [2.45, 2.75) is 38.6 Å². The zero-order valence-corrected chi connectivity index (χ0v) is 34.5. The smallest absolute Gasteiger partial charge is 0.0713 e. The molecule has 11 rings (SSSR count). The van der Waals surface area contributed by atoms with E-state index in [2.05, 4.69) is 243 Å². The minimum atomic E-state index is -0.470. The molecule has 9 aromatic carbocycles. The largest absolute Gasteiger partial charge is 0.335 e. The summed E-state index contributed by atoms with van der Waals surface area (Å²) >= 11 is 0. The van der Waals surface area contributed by atoms with E-state index in [1.54, 1.807) is 0 Å². The Morgan fingerprint density at radius 3 is 1.77 bits per heavy atom. The number of hydrogen-bond acceptors (Lipinski definition) is 1. The van der Waals surface area contributed by atoms with Crippen LogP contribution in [0.1, 0.15) is 48.6 Å². The van der Waals surface area contributed by atoms with Gasteiger partial charge in [-0.05, 0) is 131 Å². The molecular weight excluding hydrogens is 725 g/mol. The van der Waals surface area contributed by atoms with Crippen LogP contribution >= 0.6 is 0 Å². The van der Waals surface area contributed by atoms with Crippen LogP contribution in [0.25, 0.3) is 54.8 Å². The fourth-order valence-corrected chi connectivity index (χ4v) is 10.4. The normalized spacial score (nSPS) is 13.1. The Morgan fingerprint density at radius 2 is 1.03 bits per heavy atom. The van der Waals surface area contributed by atoms with Crippen LogP contribution in [0.15, 0.2) is 206 Å². The Kier molecular flexibility index (Phi) is 8.22. The molecule has 2 nitrogen and oxygen atoms in total. The average molecular weight is 771 g/mol. The molecule has 60 heavy (non-hydrogen) atoms. The maximum Gasteiger partial charge on any atom is 0.0713 e. The van der Waals surface area contributed by atoms with Crippen molar-refractivity contribution >= 4 is 49.6 Å². The molecule has 0 bridgehead atoms. The van der Waals surface area contributed by atoms with Crippen LogP contribution in [0.5, 0.6) is 0 Å². The lowest BCUT2D eigenvalue weighted by molar-refractivity contribution is 0.423. The van der Waals surface area contributed by atoms with Crippen LogP contribution in [-0.2, 0) is 11.0 Å². The zero-order chi connectivity index (χ0) is 40.6. The molecule has 0 saturated heterocycles. The summed E-state index contributed by atoms with van der Waals surface area (Å²) in [5.74, 6) is 0. The number of hydrogen-bond donors (Lipinski definition) is 0. The average Bonchev–Trinajstić information content (AvgIpc) is 3.78. The van der Waals surface area contributed by atoms with Gasteiger partial charge in [-0.25, -0.2) is 0 Å². The maximum absolute atomic E-state index is 2.52. The van der Waals surface area contributed by atoms with E-state index in [-0.39, 0.29) is 5.54 Å². The molecule has 0 amide bonds. The first kappa shape index (κ1) is 36.0. The third kappa shape index (κ3) is 5.41. The van der Waals surface area contributed by atoms with E-state index < -0.39 is 5.41 Å². The van der Waals surface area contributed by atoms with Gasteiger partial charge in [-0.1, -0.05) is 164 Å². The first-order valence-electron chi connectivity index (χ1n) is 21.1. The maximum atomic E-state index is 2.52. The van der Waals surface area contributed by atoms with E-state index in [4.69, 9.17) is 0 Å². The number of aromatic nitrogens is 1. The van der Waals surface area contributed by atoms with E-state index in [1.807, 2.05) is 0 Å². The van der Waals surface area contributed by atoms with Gasteiger partial charge in [0.05, 0.1) is 10.9 Å². The molecule has 1 heterocycles. The summed E-state index contributed by atoms with van der Waals surface area (Å²) in [6.45, 7) is 9.20. The van der Waals surface area contributed by atoms with Crippen LogP contribution in [0, 0.1) is 6.92 Å². The predicted octanol–water partition coefficient (Wildman–Crippen LogP) is 15.5. The van der Waals surface area contributed by atoms with Gasteiger partial charge in [0.1, 0.15) is 0 Å². The van der Waals surface area contributed by atoms with Gasteiger partial charge in [0.2, 0.25) is 0 Å². The monoisotopic (exact) mass is 770 g/mol. The molecule has 1 aliphatic carbocycles. The molecule has 0 spiro atoms. The quantitative estimate of drug-likeness (QED) is 0.163. The molecular formula is C58H46N2. The second-order valence-electron chi connectivity index (χ2n) is 17.3. The second-order valence-corrected chi connectivity index (χ2v) is 17.3. The van der Waals surface area contributed by atoms with E-state index in [0.717, 1.165) is 17.1 Å². The number of para-hydroxylation sites is 1. The van der Waals surface area contributed by atoms with Gasteiger partial charge in [0.15, 0.2) is 0 Å². The van der Waals surface area contributed by atoms with Gasteiger partial charge < -0.3 is 9.47 Å². The predicted molar refractivity (Wildman–Crippen MR) is 254 cm³/mol. The standard InChI is InChI=1S/C58H46N2/c1-39-18-16-28-53-56(39)51-37-45(33-35-52(51)58(53,42-22-10-6-11-23-42)43-24-12-7-13-25-43)59(44-31-30-41-21-17-27-47(50(41)36-44)40-19-8-5-9-20-40)46-32-34-49-48-26-14-15-29-54(48)60(55(49)38-46)57(2,3)4/h5-38H,1-4H3. The Hall–Kier alpha value is -7.16. The first-order valence-corrected chi connectivity index (χ1v) is 21.1. The SMILES string of the molecule is Cc1cccc2c1-c1cc(N(c3ccc4cccc(-c5ccccc5)c4c3)c3ccc4c5ccccc5n(C(C)(C)C)c4c3)ccc1C2(c1ccccc1)c1ccccc1. The highest BCUT2D eigenvalue weighted by molar-refractivity contribution is 6.10. The molecule has 10 aromatic rings. The highest BCUT2D eigenvalue weighted by atomic mass is 15.1. The van der Waals surface area contributed by atoms with Gasteiger partial charge in [-0.15, -0.1) is 0 Å². The molecule has 1 aliphatic rings. The van der Waals surface area contributed by atoms with Crippen LogP contribution in [0.4, 0.5) is 17.1 Å². The van der Waals surface area contributed by atoms with Crippen molar-refractivity contribution < 1.29 is 0 Å². The lowest BCUT2D eigenvalue weighted by Gasteiger charge is -2.34. The van der Waals surface area contributed by atoms with Gasteiger partial charge in [0.25, 0.3) is 0 Å². The van der Waals surface area contributed by atoms with Gasteiger partial charge >= 0.3 is 0 Å². The van der Waals surface area contributed by atoms with Crippen LogP contribution in [-0.4, -0.2) is 4.57 Å². The summed E-state index contributed by atoms with van der Waals surface area (Å²) < 4.78 is 2.52. The van der Waals surface area contributed by atoms with Crippen LogP contribution in [0.2, 0.25) is 0 Å². The van der Waals surface area contributed by atoms with Crippen molar-refractivity contribution in [3.8, 4) is 22.3 Å². The molecule has 0 unspecified atom stereocenters. The minimum absolute atomic E-state index is 0.134. The summed E-state index contributed by atoms with van der Waals surface area (Å²) in [5, 5.41) is 4.99. The summed E-state index contributed by atoms with van der Waals surface area (Å²) in [6.07, 6.45) is 0.